The molecule has 7 nitrogen and oxygen atoms in total. The molecule has 0 spiro atoms. The molecule has 0 atom stereocenters. The maximum Gasteiger partial charge on any atom is 0.253 e. The molecule has 1 saturated heterocycles. The quantitative estimate of drug-likeness (QED) is 0.723. The number of anilines is 2. The van der Waals surface area contributed by atoms with E-state index in [1.165, 1.54) is 11.3 Å². The summed E-state index contributed by atoms with van der Waals surface area (Å²) in [6.45, 7) is 4.05. The average molecular weight is 402 g/mol. The van der Waals surface area contributed by atoms with Crippen molar-refractivity contribution in [3.8, 4) is 0 Å². The van der Waals surface area contributed by atoms with Crippen LogP contribution < -0.4 is 15.5 Å². The van der Waals surface area contributed by atoms with Crippen LogP contribution in [0.5, 0.6) is 0 Å². The van der Waals surface area contributed by atoms with Gasteiger partial charge in [0.1, 0.15) is 4.34 Å². The van der Waals surface area contributed by atoms with Crippen LogP contribution in [0.25, 0.3) is 0 Å². The molecule has 0 saturated carbocycles. The number of carbonyl (C=O) groups excluding carboxylic acids is 1. The number of hydrogen-bond acceptors (Lipinski definition) is 7. The first-order valence-electron chi connectivity index (χ1n) is 7.76. The van der Waals surface area contributed by atoms with Gasteiger partial charge in [-0.2, -0.15) is 5.10 Å². The number of thiophene rings is 1. The Hall–Kier alpha value is -1.61. The molecule has 10 heteroatoms. The lowest BCUT2D eigenvalue weighted by molar-refractivity contribution is 0.0955. The van der Waals surface area contributed by atoms with Crippen molar-refractivity contribution in [2.24, 2.45) is 0 Å². The third kappa shape index (κ3) is 4.94. The van der Waals surface area contributed by atoms with Crippen LogP contribution in [0, 0.1) is 0 Å². The van der Waals surface area contributed by atoms with Crippen molar-refractivity contribution in [3.05, 3.63) is 32.6 Å². The average Bonchev–Trinajstić information content (AvgIpc) is 2.98. The highest BCUT2D eigenvalue weighted by atomic mass is 35.5. The topological polar surface area (TPSA) is 79.4 Å². The number of hydrogen-bond donors (Lipinski definition) is 2. The van der Waals surface area contributed by atoms with Gasteiger partial charge in [-0.05, 0) is 6.07 Å². The highest BCUT2D eigenvalue weighted by Gasteiger charge is 2.14. The van der Waals surface area contributed by atoms with Gasteiger partial charge in [0.2, 0.25) is 0 Å². The largest absolute Gasteiger partial charge is 0.378 e. The number of halogens is 2. The fourth-order valence-electron chi connectivity index (χ4n) is 2.39. The number of morpholine rings is 1. The molecule has 0 radical (unpaired) electrons. The summed E-state index contributed by atoms with van der Waals surface area (Å²) < 4.78 is 6.23. The first-order chi connectivity index (χ1) is 12.1. The molecule has 0 unspecified atom stereocenters. The Kier molecular flexibility index (Phi) is 6.30. The lowest BCUT2D eigenvalue weighted by atomic mass is 10.3. The van der Waals surface area contributed by atoms with Gasteiger partial charge in [0.15, 0.2) is 5.82 Å². The lowest BCUT2D eigenvalue weighted by Crippen LogP contribution is -2.36. The minimum atomic E-state index is -0.247. The number of rotatable bonds is 6. The highest BCUT2D eigenvalue weighted by Crippen LogP contribution is 2.30. The van der Waals surface area contributed by atoms with Crippen LogP contribution in [0.2, 0.25) is 8.67 Å². The minimum absolute atomic E-state index is 0.247. The monoisotopic (exact) mass is 401 g/mol. The summed E-state index contributed by atoms with van der Waals surface area (Å²) >= 11 is 13.0. The van der Waals surface area contributed by atoms with Crippen molar-refractivity contribution >= 4 is 52.0 Å². The van der Waals surface area contributed by atoms with Crippen LogP contribution in [0.1, 0.15) is 10.4 Å². The SMILES string of the molecule is O=C(NCCNc1cc(N2CCOCC2)cnn1)c1cc(Cl)sc1Cl. The van der Waals surface area contributed by atoms with E-state index in [-0.39, 0.29) is 5.91 Å². The van der Waals surface area contributed by atoms with Crippen molar-refractivity contribution in [1.29, 1.82) is 0 Å². The van der Waals surface area contributed by atoms with Gasteiger partial charge in [0, 0.05) is 32.2 Å². The van der Waals surface area contributed by atoms with Gasteiger partial charge in [-0.15, -0.1) is 16.4 Å². The Morgan fingerprint density at radius 3 is 2.80 bits per heavy atom. The van der Waals surface area contributed by atoms with Gasteiger partial charge < -0.3 is 20.3 Å². The number of carbonyl (C=O) groups is 1. The fourth-order valence-corrected chi connectivity index (χ4v) is 3.85. The van der Waals surface area contributed by atoms with Crippen LogP contribution in [0.4, 0.5) is 11.5 Å². The molecule has 1 amide bonds. The molecule has 0 aliphatic carbocycles. The van der Waals surface area contributed by atoms with E-state index in [9.17, 15) is 4.79 Å². The molecule has 0 aromatic carbocycles. The van der Waals surface area contributed by atoms with Crippen LogP contribution in [0.15, 0.2) is 18.3 Å². The first kappa shape index (κ1) is 18.2. The Labute approximate surface area is 159 Å². The summed E-state index contributed by atoms with van der Waals surface area (Å²) in [6.07, 6.45) is 1.74. The maximum atomic E-state index is 12.0. The predicted molar refractivity (Wildman–Crippen MR) is 100 cm³/mol. The van der Waals surface area contributed by atoms with E-state index < -0.39 is 0 Å². The van der Waals surface area contributed by atoms with Gasteiger partial charge in [-0.3, -0.25) is 4.79 Å². The van der Waals surface area contributed by atoms with Gasteiger partial charge in [0.25, 0.3) is 5.91 Å². The van der Waals surface area contributed by atoms with Gasteiger partial charge in [-0.25, -0.2) is 0 Å². The number of nitrogens with one attached hydrogen (secondary N) is 2. The zero-order valence-electron chi connectivity index (χ0n) is 13.3. The summed E-state index contributed by atoms with van der Waals surface area (Å²) in [6, 6.07) is 3.50. The fraction of sp³-hybridized carbons (Fsp3) is 0.400. The zero-order valence-corrected chi connectivity index (χ0v) is 15.6. The van der Waals surface area contributed by atoms with Crippen LogP contribution in [0.3, 0.4) is 0 Å². The molecule has 1 fully saturated rings. The Balaban J connectivity index is 1.47. The molecule has 134 valence electrons. The van der Waals surface area contributed by atoms with Gasteiger partial charge >= 0.3 is 0 Å². The van der Waals surface area contributed by atoms with Crippen molar-refractivity contribution in [2.75, 3.05) is 49.6 Å². The molecule has 1 aliphatic heterocycles. The molecular weight excluding hydrogens is 385 g/mol. The van der Waals surface area contributed by atoms with E-state index in [4.69, 9.17) is 27.9 Å². The Bertz CT molecular complexity index is 736. The van der Waals surface area contributed by atoms with Gasteiger partial charge in [-0.1, -0.05) is 23.2 Å². The Morgan fingerprint density at radius 2 is 2.08 bits per heavy atom. The summed E-state index contributed by atoms with van der Waals surface area (Å²) in [4.78, 5) is 14.2. The number of nitrogens with zero attached hydrogens (tertiary/aromatic N) is 3. The molecule has 2 N–H and O–H groups in total. The van der Waals surface area contributed by atoms with E-state index in [0.717, 1.165) is 18.8 Å². The second kappa shape index (κ2) is 8.66. The standard InChI is InChI=1S/C15H17Cl2N5O2S/c16-12-8-11(14(17)25-12)15(23)19-2-1-18-13-7-10(9-20-21-13)22-3-5-24-6-4-22/h7-9H,1-6H2,(H,18,21)(H,19,23). The van der Waals surface area contributed by atoms with Crippen molar-refractivity contribution in [2.45, 2.75) is 0 Å². The molecule has 3 rings (SSSR count). The van der Waals surface area contributed by atoms with E-state index in [2.05, 4.69) is 25.7 Å². The van der Waals surface area contributed by atoms with Crippen LogP contribution >= 0.6 is 34.5 Å². The molecule has 2 aromatic rings. The minimum Gasteiger partial charge on any atom is -0.378 e. The molecule has 25 heavy (non-hydrogen) atoms. The molecule has 2 aromatic heterocycles. The zero-order chi connectivity index (χ0) is 17.6. The van der Waals surface area contributed by atoms with Crippen molar-refractivity contribution < 1.29 is 9.53 Å². The van der Waals surface area contributed by atoms with E-state index in [1.807, 2.05) is 6.07 Å². The molecular formula is C15H17Cl2N5O2S. The van der Waals surface area contributed by atoms with Crippen LogP contribution in [-0.2, 0) is 4.74 Å². The second-order valence-electron chi connectivity index (χ2n) is 5.32. The summed E-state index contributed by atoms with van der Waals surface area (Å²) in [7, 11) is 0. The smallest absolute Gasteiger partial charge is 0.253 e. The first-order valence-corrected chi connectivity index (χ1v) is 9.33. The van der Waals surface area contributed by atoms with Gasteiger partial charge in [0.05, 0.1) is 35.0 Å². The predicted octanol–water partition coefficient (Wildman–Crippen LogP) is 2.52. The Morgan fingerprint density at radius 1 is 1.28 bits per heavy atom. The van der Waals surface area contributed by atoms with E-state index >= 15 is 0 Å². The lowest BCUT2D eigenvalue weighted by Gasteiger charge is -2.28. The normalized spacial score (nSPS) is 14.4. The summed E-state index contributed by atoms with van der Waals surface area (Å²) in [5.41, 5.74) is 1.40. The second-order valence-corrected chi connectivity index (χ2v) is 7.60. The molecule has 0 bridgehead atoms. The molecule has 1 aliphatic rings. The number of amides is 1. The molecule has 3 heterocycles. The van der Waals surface area contributed by atoms with E-state index in [1.54, 1.807) is 12.3 Å². The van der Waals surface area contributed by atoms with Crippen molar-refractivity contribution in [1.82, 2.24) is 15.5 Å². The summed E-state index contributed by atoms with van der Waals surface area (Å²) in [5.74, 6) is 0.415. The highest BCUT2D eigenvalue weighted by molar-refractivity contribution is 7.20. The maximum absolute atomic E-state index is 12.0. The third-order valence-corrected chi connectivity index (χ3v) is 5.12. The van der Waals surface area contributed by atoms with E-state index in [0.29, 0.717) is 46.4 Å². The summed E-state index contributed by atoms with van der Waals surface area (Å²) in [5, 5.41) is 14.0. The van der Waals surface area contributed by atoms with Crippen LogP contribution in [-0.4, -0.2) is 55.5 Å². The number of aromatic nitrogens is 2. The number of ether oxygens (including phenoxy) is 1. The third-order valence-electron chi connectivity index (χ3n) is 3.63. The van der Waals surface area contributed by atoms with Crippen molar-refractivity contribution in [3.63, 3.8) is 0 Å².